The Morgan fingerprint density at radius 3 is 2.42 bits per heavy atom. The summed E-state index contributed by atoms with van der Waals surface area (Å²) in [5.74, 6) is -0.189. The van der Waals surface area contributed by atoms with Crippen molar-refractivity contribution in [1.29, 1.82) is 0 Å². The molecule has 0 bridgehead atoms. The molecule has 0 fully saturated rings. The minimum Gasteiger partial charge on any atom is -0.497 e. The minimum absolute atomic E-state index is 0.139. The monoisotopic (exact) mass is 464 g/mol. The molecule has 0 radical (unpaired) electrons. The van der Waals surface area contributed by atoms with E-state index in [1.54, 1.807) is 55.6 Å². The number of aryl methyl sites for hydroxylation is 1. The number of hydrogen-bond donors (Lipinski definition) is 1. The fourth-order valence-electron chi connectivity index (χ4n) is 2.97. The lowest BCUT2D eigenvalue weighted by Gasteiger charge is -2.08. The molecule has 2 aromatic carbocycles. The quantitative estimate of drug-likeness (QED) is 0.418. The number of amides is 1. The number of benzene rings is 2. The van der Waals surface area contributed by atoms with E-state index in [1.165, 1.54) is 21.9 Å². The van der Waals surface area contributed by atoms with E-state index < -0.39 is 5.97 Å². The number of nitrogens with one attached hydrogen (secondary N) is 1. The largest absolute Gasteiger partial charge is 0.497 e. The summed E-state index contributed by atoms with van der Waals surface area (Å²) in [4.78, 5) is 41.7. The zero-order chi connectivity index (χ0) is 23.4. The average molecular weight is 465 g/mol. The van der Waals surface area contributed by atoms with Gasteiger partial charge in [0.15, 0.2) is 0 Å². The lowest BCUT2D eigenvalue weighted by Crippen LogP contribution is -2.16. The van der Waals surface area contributed by atoms with E-state index in [0.29, 0.717) is 39.6 Å². The van der Waals surface area contributed by atoms with Crippen molar-refractivity contribution in [2.24, 2.45) is 0 Å². The van der Waals surface area contributed by atoms with Gasteiger partial charge in [-0.15, -0.1) is 0 Å². The molecule has 1 amide bonds. The Balaban J connectivity index is 1.37. The molecule has 0 aliphatic heterocycles. The number of fused-ring (bicyclic) bond motifs is 1. The number of carbonyl (C=O) groups is 2. The van der Waals surface area contributed by atoms with Crippen molar-refractivity contribution >= 4 is 33.9 Å². The van der Waals surface area contributed by atoms with Crippen molar-refractivity contribution < 1.29 is 19.1 Å². The molecule has 9 nitrogen and oxygen atoms in total. The van der Waals surface area contributed by atoms with Crippen LogP contribution < -0.4 is 15.6 Å². The van der Waals surface area contributed by atoms with Crippen LogP contribution in [0.25, 0.3) is 4.96 Å². The van der Waals surface area contributed by atoms with Gasteiger partial charge in [0.1, 0.15) is 17.4 Å². The molecule has 0 aliphatic carbocycles. The number of carbonyl (C=O) groups excluding carboxylic acids is 2. The predicted octanol–water partition coefficient (Wildman–Crippen LogP) is 3.33. The second-order valence-corrected chi connectivity index (χ2v) is 8.01. The van der Waals surface area contributed by atoms with Crippen LogP contribution in [0.4, 0.5) is 5.69 Å². The summed E-state index contributed by atoms with van der Waals surface area (Å²) in [6, 6.07) is 14.3. The molecule has 0 atom stereocenters. The Labute approximate surface area is 192 Å². The summed E-state index contributed by atoms with van der Waals surface area (Å²) >= 11 is 1.32. The SMILES string of the molecule is CCc1nn2c(=O)cc(COC(=O)c3ccc(NC(=O)c4ccc(OC)cc4)cc3)nc2s1. The number of rotatable bonds is 7. The smallest absolute Gasteiger partial charge is 0.338 e. The molecular weight excluding hydrogens is 444 g/mol. The average Bonchev–Trinajstić information content (AvgIpc) is 3.27. The molecule has 1 N–H and O–H groups in total. The third-order valence-corrected chi connectivity index (χ3v) is 5.78. The first-order valence-electron chi connectivity index (χ1n) is 10.1. The van der Waals surface area contributed by atoms with E-state index in [2.05, 4.69) is 15.4 Å². The van der Waals surface area contributed by atoms with E-state index in [4.69, 9.17) is 9.47 Å². The summed E-state index contributed by atoms with van der Waals surface area (Å²) < 4.78 is 11.6. The number of esters is 1. The molecule has 4 rings (SSSR count). The van der Waals surface area contributed by atoms with E-state index in [1.807, 2.05) is 6.92 Å². The van der Waals surface area contributed by atoms with E-state index in [-0.39, 0.29) is 18.1 Å². The first-order valence-corrected chi connectivity index (χ1v) is 10.9. The Kier molecular flexibility index (Phi) is 6.45. The maximum Gasteiger partial charge on any atom is 0.338 e. The highest BCUT2D eigenvalue weighted by Gasteiger charge is 2.12. The van der Waals surface area contributed by atoms with Gasteiger partial charge in [-0.05, 0) is 55.0 Å². The minimum atomic E-state index is -0.566. The molecule has 4 aromatic rings. The molecule has 0 aliphatic rings. The summed E-state index contributed by atoms with van der Waals surface area (Å²) in [6.45, 7) is 1.81. The number of aromatic nitrogens is 3. The zero-order valence-corrected chi connectivity index (χ0v) is 18.7. The van der Waals surface area contributed by atoms with Crippen LogP contribution in [0.5, 0.6) is 5.75 Å². The van der Waals surface area contributed by atoms with Gasteiger partial charge in [-0.25, -0.2) is 9.78 Å². The number of methoxy groups -OCH3 is 1. The standard InChI is InChI=1S/C23H20N4O5S/c1-3-19-26-27-20(28)12-17(25-23(27)33-19)13-32-22(30)15-4-8-16(9-5-15)24-21(29)14-6-10-18(31-2)11-7-14/h4-12H,3,13H2,1-2H3,(H,24,29). The Hall–Kier alpha value is -4.05. The highest BCUT2D eigenvalue weighted by atomic mass is 32.1. The van der Waals surface area contributed by atoms with E-state index in [0.717, 1.165) is 5.01 Å². The van der Waals surface area contributed by atoms with Gasteiger partial charge >= 0.3 is 5.97 Å². The van der Waals surface area contributed by atoms with E-state index in [9.17, 15) is 14.4 Å². The molecule has 168 valence electrons. The van der Waals surface area contributed by atoms with Crippen LogP contribution in [0, 0.1) is 0 Å². The van der Waals surface area contributed by atoms with Crippen LogP contribution in [-0.2, 0) is 17.8 Å². The summed E-state index contributed by atoms with van der Waals surface area (Å²) in [7, 11) is 1.56. The van der Waals surface area contributed by atoms with Crippen molar-refractivity contribution in [2.45, 2.75) is 20.0 Å². The normalized spacial score (nSPS) is 10.7. The van der Waals surface area contributed by atoms with Crippen LogP contribution in [0.15, 0.2) is 59.4 Å². The summed E-state index contributed by atoms with van der Waals surface area (Å²) in [5, 5.41) is 7.75. The zero-order valence-electron chi connectivity index (χ0n) is 17.9. The molecule has 10 heteroatoms. The van der Waals surface area contributed by atoms with Crippen LogP contribution in [0.3, 0.4) is 0 Å². The lowest BCUT2D eigenvalue weighted by molar-refractivity contribution is 0.0467. The van der Waals surface area contributed by atoms with Crippen molar-refractivity contribution in [3.63, 3.8) is 0 Å². The Morgan fingerprint density at radius 2 is 1.76 bits per heavy atom. The van der Waals surface area contributed by atoms with Crippen LogP contribution in [-0.4, -0.2) is 33.6 Å². The highest BCUT2D eigenvalue weighted by Crippen LogP contribution is 2.16. The van der Waals surface area contributed by atoms with Crippen molar-refractivity contribution in [3.8, 4) is 5.75 Å². The highest BCUT2D eigenvalue weighted by molar-refractivity contribution is 7.16. The third kappa shape index (κ3) is 5.07. The second-order valence-electron chi connectivity index (χ2n) is 6.97. The third-order valence-electron chi connectivity index (χ3n) is 4.72. The first-order chi connectivity index (χ1) is 16.0. The maximum atomic E-state index is 12.4. The van der Waals surface area contributed by atoms with Crippen molar-refractivity contribution in [3.05, 3.63) is 86.8 Å². The number of anilines is 1. The first kappa shape index (κ1) is 22.2. The summed E-state index contributed by atoms with van der Waals surface area (Å²) in [6.07, 6.45) is 0.703. The summed E-state index contributed by atoms with van der Waals surface area (Å²) in [5.41, 5.74) is 1.35. The fourth-order valence-corrected chi connectivity index (χ4v) is 3.83. The molecule has 0 spiro atoms. The van der Waals surface area contributed by atoms with Crippen LogP contribution in [0.1, 0.15) is 38.3 Å². The molecule has 33 heavy (non-hydrogen) atoms. The van der Waals surface area contributed by atoms with Crippen LogP contribution in [0.2, 0.25) is 0 Å². The molecule has 2 heterocycles. The van der Waals surface area contributed by atoms with Gasteiger partial charge in [-0.3, -0.25) is 9.59 Å². The van der Waals surface area contributed by atoms with Crippen molar-refractivity contribution in [2.75, 3.05) is 12.4 Å². The number of ether oxygens (including phenoxy) is 2. The van der Waals surface area contributed by atoms with Gasteiger partial charge in [0.05, 0.1) is 18.4 Å². The van der Waals surface area contributed by atoms with Gasteiger partial charge in [0, 0.05) is 17.3 Å². The molecule has 2 aromatic heterocycles. The second kappa shape index (κ2) is 9.61. The Morgan fingerprint density at radius 1 is 1.06 bits per heavy atom. The van der Waals surface area contributed by atoms with Gasteiger partial charge in [-0.1, -0.05) is 18.3 Å². The van der Waals surface area contributed by atoms with Gasteiger partial charge in [0.2, 0.25) is 4.96 Å². The molecular formula is C23H20N4O5S. The fraction of sp³-hybridized carbons (Fsp3) is 0.174. The maximum absolute atomic E-state index is 12.4. The molecule has 0 saturated carbocycles. The van der Waals surface area contributed by atoms with E-state index >= 15 is 0 Å². The van der Waals surface area contributed by atoms with Gasteiger partial charge in [0.25, 0.3) is 11.5 Å². The lowest BCUT2D eigenvalue weighted by atomic mass is 10.1. The predicted molar refractivity (Wildman–Crippen MR) is 123 cm³/mol. The molecule has 0 saturated heterocycles. The van der Waals surface area contributed by atoms with Crippen molar-refractivity contribution in [1.82, 2.24) is 14.6 Å². The number of hydrogen-bond acceptors (Lipinski definition) is 8. The molecule has 0 unspecified atom stereocenters. The van der Waals surface area contributed by atoms with Gasteiger partial charge < -0.3 is 14.8 Å². The van der Waals surface area contributed by atoms with Crippen LogP contribution >= 0.6 is 11.3 Å². The number of nitrogens with zero attached hydrogens (tertiary/aromatic N) is 3. The topological polar surface area (TPSA) is 112 Å². The van der Waals surface area contributed by atoms with Gasteiger partial charge in [-0.2, -0.15) is 9.61 Å². The Bertz CT molecular complexity index is 1360.